The largest absolute Gasteiger partial charge is 0.329 e. The van der Waals surface area contributed by atoms with Gasteiger partial charge in [-0.3, -0.25) is 0 Å². The lowest BCUT2D eigenvalue weighted by molar-refractivity contribution is 0.721. The molecule has 0 saturated heterocycles. The van der Waals surface area contributed by atoms with E-state index in [-0.39, 0.29) is 0 Å². The lowest BCUT2D eigenvalue weighted by atomic mass is 10.2. The van der Waals surface area contributed by atoms with Crippen LogP contribution in [0.3, 0.4) is 0 Å². The fraction of sp³-hybridized carbons (Fsp3) is 0.167. The van der Waals surface area contributed by atoms with Crippen LogP contribution in [-0.2, 0) is 6.54 Å². The third-order valence-electron chi connectivity index (χ3n) is 2.49. The molecule has 1 aromatic heterocycles. The molecule has 1 N–H and O–H groups in total. The molecule has 0 aliphatic rings. The second-order valence-corrected chi connectivity index (χ2v) is 3.86. The Kier molecular flexibility index (Phi) is 2.88. The molecule has 0 aliphatic heterocycles. The lowest BCUT2D eigenvalue weighted by Gasteiger charge is -2.01. The molecule has 16 heavy (non-hydrogen) atoms. The van der Waals surface area contributed by atoms with Crippen LogP contribution < -0.4 is 0 Å². The quantitative estimate of drug-likeness (QED) is 0.649. The minimum atomic E-state index is 0.626. The van der Waals surface area contributed by atoms with E-state index < -0.39 is 0 Å². The number of rotatable bonds is 3. The average molecular weight is 229 g/mol. The number of nitrogens with zero attached hydrogens (tertiary/aromatic N) is 2. The van der Waals surface area contributed by atoms with Crippen molar-refractivity contribution in [3.63, 3.8) is 0 Å². The standard InChI is InChI=1S/C12H11N3S/c1-2-3-7-15-10-6-4-5-9(8-13)11(10)14-12(15)16/h2,4-6H,1,3,7H2,(H,14,16). The Balaban J connectivity index is 2.67. The summed E-state index contributed by atoms with van der Waals surface area (Å²) in [6, 6.07) is 7.77. The van der Waals surface area contributed by atoms with E-state index in [2.05, 4.69) is 17.6 Å². The molecule has 2 rings (SSSR count). The highest BCUT2D eigenvalue weighted by Gasteiger charge is 2.06. The number of para-hydroxylation sites is 1. The van der Waals surface area contributed by atoms with Gasteiger partial charge in [0.05, 0.1) is 16.6 Å². The molecule has 1 heterocycles. The van der Waals surface area contributed by atoms with Crippen molar-refractivity contribution < 1.29 is 0 Å². The van der Waals surface area contributed by atoms with Crippen LogP contribution in [-0.4, -0.2) is 9.55 Å². The highest BCUT2D eigenvalue weighted by molar-refractivity contribution is 7.71. The second kappa shape index (κ2) is 4.33. The van der Waals surface area contributed by atoms with Crippen molar-refractivity contribution in [2.75, 3.05) is 0 Å². The van der Waals surface area contributed by atoms with Crippen molar-refractivity contribution >= 4 is 23.3 Å². The molecule has 0 radical (unpaired) electrons. The fourth-order valence-electron chi connectivity index (χ4n) is 1.72. The number of allylic oxidation sites excluding steroid dienone is 1. The number of imidazole rings is 1. The maximum absolute atomic E-state index is 8.98. The molecular formula is C12H11N3S. The van der Waals surface area contributed by atoms with Crippen molar-refractivity contribution in [2.45, 2.75) is 13.0 Å². The van der Waals surface area contributed by atoms with E-state index in [1.807, 2.05) is 22.8 Å². The zero-order valence-electron chi connectivity index (χ0n) is 8.73. The Morgan fingerprint density at radius 1 is 1.56 bits per heavy atom. The number of aryl methyl sites for hydroxylation is 1. The van der Waals surface area contributed by atoms with Gasteiger partial charge in [0.1, 0.15) is 6.07 Å². The van der Waals surface area contributed by atoms with Crippen LogP contribution in [0.1, 0.15) is 12.0 Å². The average Bonchev–Trinajstić information content (AvgIpc) is 2.62. The SMILES string of the molecule is C=CCCn1c(=S)[nH]c2c(C#N)cccc21. The van der Waals surface area contributed by atoms with Gasteiger partial charge in [0.25, 0.3) is 0 Å². The van der Waals surface area contributed by atoms with Gasteiger partial charge in [-0.05, 0) is 30.8 Å². The van der Waals surface area contributed by atoms with Crippen molar-refractivity contribution in [3.8, 4) is 6.07 Å². The number of hydrogen-bond acceptors (Lipinski definition) is 2. The first-order chi connectivity index (χ1) is 7.77. The first-order valence-corrected chi connectivity index (χ1v) is 5.41. The van der Waals surface area contributed by atoms with E-state index in [1.54, 1.807) is 6.07 Å². The molecule has 0 aliphatic carbocycles. The molecular weight excluding hydrogens is 218 g/mol. The monoisotopic (exact) mass is 229 g/mol. The summed E-state index contributed by atoms with van der Waals surface area (Å²) in [5.41, 5.74) is 2.42. The summed E-state index contributed by atoms with van der Waals surface area (Å²) in [6.07, 6.45) is 2.72. The number of aromatic nitrogens is 2. The molecule has 0 unspecified atom stereocenters. The summed E-state index contributed by atoms with van der Waals surface area (Å²) in [5.74, 6) is 0. The van der Waals surface area contributed by atoms with Crippen molar-refractivity contribution in [1.29, 1.82) is 5.26 Å². The summed E-state index contributed by atoms with van der Waals surface area (Å²) < 4.78 is 2.65. The zero-order valence-corrected chi connectivity index (χ0v) is 9.55. The van der Waals surface area contributed by atoms with E-state index in [9.17, 15) is 0 Å². The van der Waals surface area contributed by atoms with Crippen molar-refractivity contribution in [3.05, 3.63) is 41.2 Å². The predicted octanol–water partition coefficient (Wildman–Crippen LogP) is 3.15. The molecule has 0 fully saturated rings. The Bertz CT molecular complexity index is 628. The summed E-state index contributed by atoms with van der Waals surface area (Å²) >= 11 is 5.24. The highest BCUT2D eigenvalue weighted by Crippen LogP contribution is 2.18. The smallest absolute Gasteiger partial charge is 0.178 e. The fourth-order valence-corrected chi connectivity index (χ4v) is 2.01. The molecule has 80 valence electrons. The first kappa shape index (κ1) is 10.7. The van der Waals surface area contributed by atoms with E-state index in [1.165, 1.54) is 0 Å². The van der Waals surface area contributed by atoms with E-state index >= 15 is 0 Å². The lowest BCUT2D eigenvalue weighted by Crippen LogP contribution is -1.96. The van der Waals surface area contributed by atoms with Gasteiger partial charge in [0.2, 0.25) is 0 Å². The second-order valence-electron chi connectivity index (χ2n) is 3.47. The van der Waals surface area contributed by atoms with Crippen LogP contribution in [0.15, 0.2) is 30.9 Å². The zero-order chi connectivity index (χ0) is 11.5. The molecule has 0 saturated carbocycles. The Morgan fingerprint density at radius 3 is 3.06 bits per heavy atom. The van der Waals surface area contributed by atoms with Gasteiger partial charge in [-0.25, -0.2) is 0 Å². The van der Waals surface area contributed by atoms with Gasteiger partial charge >= 0.3 is 0 Å². The number of nitrogens with one attached hydrogen (secondary N) is 1. The number of hydrogen-bond donors (Lipinski definition) is 1. The Hall–Kier alpha value is -1.86. The molecule has 0 atom stereocenters. The molecule has 0 spiro atoms. The van der Waals surface area contributed by atoms with Crippen LogP contribution in [0.2, 0.25) is 0 Å². The van der Waals surface area contributed by atoms with Crippen LogP contribution in [0.25, 0.3) is 11.0 Å². The van der Waals surface area contributed by atoms with E-state index in [4.69, 9.17) is 17.5 Å². The topological polar surface area (TPSA) is 44.5 Å². The predicted molar refractivity (Wildman–Crippen MR) is 66.7 cm³/mol. The third kappa shape index (κ3) is 1.66. The van der Waals surface area contributed by atoms with E-state index in [0.29, 0.717) is 10.3 Å². The summed E-state index contributed by atoms with van der Waals surface area (Å²) in [4.78, 5) is 3.08. The van der Waals surface area contributed by atoms with Gasteiger partial charge in [0, 0.05) is 6.54 Å². The van der Waals surface area contributed by atoms with Gasteiger partial charge in [-0.15, -0.1) is 6.58 Å². The van der Waals surface area contributed by atoms with Crippen molar-refractivity contribution in [1.82, 2.24) is 9.55 Å². The van der Waals surface area contributed by atoms with Crippen LogP contribution in [0.4, 0.5) is 0 Å². The van der Waals surface area contributed by atoms with Crippen molar-refractivity contribution in [2.24, 2.45) is 0 Å². The van der Waals surface area contributed by atoms with Gasteiger partial charge in [-0.1, -0.05) is 12.1 Å². The van der Waals surface area contributed by atoms with Gasteiger partial charge < -0.3 is 9.55 Å². The maximum Gasteiger partial charge on any atom is 0.178 e. The minimum Gasteiger partial charge on any atom is -0.329 e. The van der Waals surface area contributed by atoms with E-state index in [0.717, 1.165) is 24.0 Å². The summed E-state index contributed by atoms with van der Waals surface area (Å²) in [6.45, 7) is 4.48. The minimum absolute atomic E-state index is 0.626. The maximum atomic E-state index is 8.98. The summed E-state index contributed by atoms with van der Waals surface area (Å²) in [7, 11) is 0. The number of nitriles is 1. The van der Waals surface area contributed by atoms with Crippen LogP contribution in [0, 0.1) is 16.1 Å². The molecule has 2 aromatic rings. The van der Waals surface area contributed by atoms with Gasteiger partial charge in [0.15, 0.2) is 4.77 Å². The Morgan fingerprint density at radius 2 is 2.38 bits per heavy atom. The highest BCUT2D eigenvalue weighted by atomic mass is 32.1. The van der Waals surface area contributed by atoms with Crippen LogP contribution >= 0.6 is 12.2 Å². The Labute approximate surface area is 98.6 Å². The molecule has 3 nitrogen and oxygen atoms in total. The summed E-state index contributed by atoms with van der Waals surface area (Å²) in [5, 5.41) is 8.98. The third-order valence-corrected chi connectivity index (χ3v) is 2.81. The number of benzene rings is 1. The van der Waals surface area contributed by atoms with Gasteiger partial charge in [-0.2, -0.15) is 5.26 Å². The number of fused-ring (bicyclic) bond motifs is 1. The molecule has 4 heteroatoms. The molecule has 0 amide bonds. The molecule has 1 aromatic carbocycles. The first-order valence-electron chi connectivity index (χ1n) is 5.00. The molecule has 0 bridgehead atoms. The number of H-pyrrole nitrogens is 1. The number of aromatic amines is 1. The normalized spacial score (nSPS) is 10.2. The van der Waals surface area contributed by atoms with Crippen LogP contribution in [0.5, 0.6) is 0 Å².